The molecule has 0 unspecified atom stereocenters. The summed E-state index contributed by atoms with van der Waals surface area (Å²) < 4.78 is 5.53. The molecule has 0 radical (unpaired) electrons. The minimum Gasteiger partial charge on any atom is -0.382 e. The smallest absolute Gasteiger partial charge is 0.188 e. The van der Waals surface area contributed by atoms with E-state index in [0.717, 1.165) is 38.5 Å². The molecule has 0 rings (SSSR count). The van der Waals surface area contributed by atoms with Gasteiger partial charge in [-0.2, -0.15) is 11.8 Å². The van der Waals surface area contributed by atoms with Gasteiger partial charge in [0.1, 0.15) is 0 Å². The van der Waals surface area contributed by atoms with Crippen molar-refractivity contribution in [3.05, 3.63) is 0 Å². The van der Waals surface area contributed by atoms with Gasteiger partial charge in [0.15, 0.2) is 5.96 Å². The summed E-state index contributed by atoms with van der Waals surface area (Å²) in [6.45, 7) is 11.7. The molecule has 0 saturated heterocycles. The number of nitrogens with two attached hydrogens (primary N) is 1. The van der Waals surface area contributed by atoms with Crippen molar-refractivity contribution in [2.75, 3.05) is 32.1 Å². The van der Waals surface area contributed by atoms with E-state index in [2.05, 4.69) is 31.1 Å². The first-order chi connectivity index (χ1) is 7.95. The number of nitrogens with zero attached hydrogens (tertiary/aromatic N) is 1. The van der Waals surface area contributed by atoms with E-state index in [1.54, 1.807) is 0 Å². The summed E-state index contributed by atoms with van der Waals surface area (Å²) in [5.74, 6) is 1.58. The highest BCUT2D eigenvalue weighted by molar-refractivity contribution is 8.00. The zero-order valence-electron chi connectivity index (χ0n) is 11.6. The Kier molecular flexibility index (Phi) is 9.36. The average Bonchev–Trinajstić information content (AvgIpc) is 2.23. The van der Waals surface area contributed by atoms with Gasteiger partial charge in [-0.1, -0.05) is 20.8 Å². The minimum atomic E-state index is 0.311. The van der Waals surface area contributed by atoms with Crippen LogP contribution in [0.4, 0.5) is 0 Å². The van der Waals surface area contributed by atoms with E-state index in [0.29, 0.717) is 10.7 Å². The first-order valence-electron chi connectivity index (χ1n) is 6.21. The van der Waals surface area contributed by atoms with Crippen LogP contribution < -0.4 is 11.1 Å². The third kappa shape index (κ3) is 13.5. The molecule has 0 fully saturated rings. The predicted octanol–water partition coefficient (Wildman–Crippen LogP) is 1.85. The van der Waals surface area contributed by atoms with Gasteiger partial charge in [-0.05, 0) is 13.3 Å². The topological polar surface area (TPSA) is 59.6 Å². The number of aliphatic imine (C=N–C) groups is 1. The number of ether oxygens (including phenoxy) is 1. The molecule has 0 saturated carbocycles. The van der Waals surface area contributed by atoms with Gasteiger partial charge in [-0.15, -0.1) is 0 Å². The Labute approximate surface area is 110 Å². The summed E-state index contributed by atoms with van der Waals surface area (Å²) in [7, 11) is 0. The van der Waals surface area contributed by atoms with Crippen LogP contribution in [-0.4, -0.2) is 42.8 Å². The Morgan fingerprint density at radius 3 is 2.71 bits per heavy atom. The van der Waals surface area contributed by atoms with Gasteiger partial charge in [-0.25, -0.2) is 0 Å². The fourth-order valence-electron chi connectivity index (χ4n) is 1.10. The van der Waals surface area contributed by atoms with Gasteiger partial charge >= 0.3 is 0 Å². The molecule has 0 atom stereocenters. The maximum Gasteiger partial charge on any atom is 0.188 e. The number of hydrogen-bond donors (Lipinski definition) is 2. The van der Waals surface area contributed by atoms with E-state index in [4.69, 9.17) is 10.5 Å². The van der Waals surface area contributed by atoms with Gasteiger partial charge in [0.2, 0.25) is 0 Å². The molecule has 0 amide bonds. The van der Waals surface area contributed by atoms with Crippen molar-refractivity contribution in [2.24, 2.45) is 10.7 Å². The molecular weight excluding hydrogens is 234 g/mol. The van der Waals surface area contributed by atoms with E-state index in [1.165, 1.54) is 0 Å². The Hall–Kier alpha value is -0.420. The van der Waals surface area contributed by atoms with Crippen LogP contribution in [0.3, 0.4) is 0 Å². The van der Waals surface area contributed by atoms with Gasteiger partial charge in [0.05, 0.1) is 0 Å². The molecule has 0 aliphatic carbocycles. The van der Waals surface area contributed by atoms with Crippen LogP contribution in [0.2, 0.25) is 0 Å². The molecule has 17 heavy (non-hydrogen) atoms. The molecule has 0 aliphatic heterocycles. The second-order valence-electron chi connectivity index (χ2n) is 4.71. The second kappa shape index (κ2) is 9.59. The number of thioether (sulfide) groups is 1. The highest BCUT2D eigenvalue weighted by atomic mass is 32.2. The molecule has 0 aliphatic rings. The molecular formula is C12H27N3OS. The second-order valence-corrected chi connectivity index (χ2v) is 6.63. The van der Waals surface area contributed by atoms with Crippen LogP contribution in [0.1, 0.15) is 34.1 Å². The SMILES string of the molecule is CCOCCCN=C(N)NCCSC(C)(C)C. The third-order valence-corrected chi connectivity index (χ3v) is 3.15. The first kappa shape index (κ1) is 16.6. The summed E-state index contributed by atoms with van der Waals surface area (Å²) >= 11 is 1.92. The van der Waals surface area contributed by atoms with Crippen LogP contribution in [0, 0.1) is 0 Å². The van der Waals surface area contributed by atoms with Gasteiger partial charge in [0.25, 0.3) is 0 Å². The largest absolute Gasteiger partial charge is 0.382 e. The fraction of sp³-hybridized carbons (Fsp3) is 0.917. The maximum absolute atomic E-state index is 5.73. The fourth-order valence-corrected chi connectivity index (χ4v) is 1.92. The summed E-state index contributed by atoms with van der Waals surface area (Å²) in [5.41, 5.74) is 5.73. The van der Waals surface area contributed by atoms with E-state index < -0.39 is 0 Å². The first-order valence-corrected chi connectivity index (χ1v) is 7.19. The molecule has 0 spiro atoms. The zero-order valence-corrected chi connectivity index (χ0v) is 12.4. The molecule has 4 nitrogen and oxygen atoms in total. The quantitative estimate of drug-likeness (QED) is 0.398. The standard InChI is InChI=1S/C12H27N3OS/c1-5-16-9-6-7-14-11(13)15-8-10-17-12(2,3)4/h5-10H2,1-4H3,(H3,13,14,15). The van der Waals surface area contributed by atoms with Gasteiger partial charge in [-0.3, -0.25) is 4.99 Å². The maximum atomic E-state index is 5.73. The van der Waals surface area contributed by atoms with Crippen molar-refractivity contribution in [1.82, 2.24) is 5.32 Å². The normalized spacial score (nSPS) is 12.8. The van der Waals surface area contributed by atoms with Gasteiger partial charge < -0.3 is 15.8 Å². The Morgan fingerprint density at radius 2 is 2.12 bits per heavy atom. The number of rotatable bonds is 8. The van der Waals surface area contributed by atoms with E-state index in [1.807, 2.05) is 18.7 Å². The van der Waals surface area contributed by atoms with E-state index in [9.17, 15) is 0 Å². The summed E-state index contributed by atoms with van der Waals surface area (Å²) in [6, 6.07) is 0. The van der Waals surface area contributed by atoms with Crippen molar-refractivity contribution >= 4 is 17.7 Å². The lowest BCUT2D eigenvalue weighted by molar-refractivity contribution is 0.146. The van der Waals surface area contributed by atoms with Crippen LogP contribution in [-0.2, 0) is 4.74 Å². The van der Waals surface area contributed by atoms with E-state index in [-0.39, 0.29) is 0 Å². The molecule has 102 valence electrons. The third-order valence-electron chi connectivity index (χ3n) is 1.88. The number of guanidine groups is 1. The summed E-state index contributed by atoms with van der Waals surface area (Å²) in [5, 5.41) is 3.11. The van der Waals surface area contributed by atoms with Crippen LogP contribution in [0.15, 0.2) is 4.99 Å². The van der Waals surface area contributed by atoms with Gasteiger partial charge in [0, 0.05) is 36.8 Å². The highest BCUT2D eigenvalue weighted by Gasteiger charge is 2.09. The number of nitrogens with one attached hydrogen (secondary N) is 1. The monoisotopic (exact) mass is 261 g/mol. The lowest BCUT2D eigenvalue weighted by atomic mass is 10.3. The predicted molar refractivity (Wildman–Crippen MR) is 77.8 cm³/mol. The van der Waals surface area contributed by atoms with Crippen molar-refractivity contribution in [3.8, 4) is 0 Å². The van der Waals surface area contributed by atoms with Crippen LogP contribution in [0.5, 0.6) is 0 Å². The lowest BCUT2D eigenvalue weighted by Gasteiger charge is -2.17. The summed E-state index contributed by atoms with van der Waals surface area (Å²) in [6.07, 6.45) is 0.924. The van der Waals surface area contributed by atoms with Crippen molar-refractivity contribution in [1.29, 1.82) is 0 Å². The van der Waals surface area contributed by atoms with Crippen molar-refractivity contribution < 1.29 is 4.74 Å². The highest BCUT2D eigenvalue weighted by Crippen LogP contribution is 2.21. The summed E-state index contributed by atoms with van der Waals surface area (Å²) in [4.78, 5) is 4.22. The Bertz CT molecular complexity index is 214. The molecule has 0 aromatic heterocycles. The zero-order chi connectivity index (χ0) is 13.1. The van der Waals surface area contributed by atoms with Crippen LogP contribution in [0.25, 0.3) is 0 Å². The van der Waals surface area contributed by atoms with Crippen molar-refractivity contribution in [3.63, 3.8) is 0 Å². The van der Waals surface area contributed by atoms with Crippen molar-refractivity contribution in [2.45, 2.75) is 38.9 Å². The lowest BCUT2D eigenvalue weighted by Crippen LogP contribution is -2.34. The minimum absolute atomic E-state index is 0.311. The average molecular weight is 261 g/mol. The molecule has 3 N–H and O–H groups in total. The molecule has 0 heterocycles. The Morgan fingerprint density at radius 1 is 1.41 bits per heavy atom. The molecule has 0 bridgehead atoms. The molecule has 5 heteroatoms. The molecule has 0 aromatic rings. The van der Waals surface area contributed by atoms with Crippen LogP contribution >= 0.6 is 11.8 Å². The Balaban J connectivity index is 3.44. The van der Waals surface area contributed by atoms with E-state index >= 15 is 0 Å². The molecule has 0 aromatic carbocycles. The number of hydrogen-bond acceptors (Lipinski definition) is 3.